The lowest BCUT2D eigenvalue weighted by Gasteiger charge is -2.24. The second-order valence-electron chi connectivity index (χ2n) is 6.93. The Hall–Kier alpha value is -0.860. The summed E-state index contributed by atoms with van der Waals surface area (Å²) in [7, 11) is 0. The summed E-state index contributed by atoms with van der Waals surface area (Å²) in [6.07, 6.45) is 9.82. The van der Waals surface area contributed by atoms with Gasteiger partial charge >= 0.3 is 0 Å². The number of nitrogens with one attached hydrogen (secondary N) is 1. The van der Waals surface area contributed by atoms with E-state index in [1.54, 1.807) is 0 Å². The van der Waals surface area contributed by atoms with Crippen molar-refractivity contribution >= 4 is 0 Å². The van der Waals surface area contributed by atoms with Crippen molar-refractivity contribution < 1.29 is 0 Å². The zero-order valence-electron chi connectivity index (χ0n) is 13.3. The first-order valence-corrected chi connectivity index (χ1v) is 8.90. The van der Waals surface area contributed by atoms with Crippen molar-refractivity contribution in [2.24, 2.45) is 5.92 Å². The molecule has 1 aliphatic heterocycles. The van der Waals surface area contributed by atoms with E-state index < -0.39 is 0 Å². The highest BCUT2D eigenvalue weighted by molar-refractivity contribution is 5.14. The molecule has 1 aromatic rings. The molecular formula is C19H30N2. The number of benzene rings is 1. The molecule has 1 N–H and O–H groups in total. The molecule has 2 aliphatic rings. The van der Waals surface area contributed by atoms with Crippen molar-refractivity contribution in [3.05, 3.63) is 35.9 Å². The molecule has 1 heterocycles. The highest BCUT2D eigenvalue weighted by atomic mass is 15.2. The van der Waals surface area contributed by atoms with Gasteiger partial charge in [-0.05, 0) is 50.3 Å². The van der Waals surface area contributed by atoms with Crippen molar-refractivity contribution in [3.63, 3.8) is 0 Å². The number of rotatable bonds is 6. The van der Waals surface area contributed by atoms with Crippen LogP contribution >= 0.6 is 0 Å². The van der Waals surface area contributed by atoms with Crippen LogP contribution < -0.4 is 5.32 Å². The van der Waals surface area contributed by atoms with Crippen molar-refractivity contribution in [2.75, 3.05) is 26.2 Å². The van der Waals surface area contributed by atoms with Crippen LogP contribution in [0.25, 0.3) is 0 Å². The Bertz CT molecular complexity index is 397. The van der Waals surface area contributed by atoms with Gasteiger partial charge in [-0.3, -0.25) is 0 Å². The fourth-order valence-electron chi connectivity index (χ4n) is 3.86. The standard InChI is InChI=1S/C19H30N2/c1-3-7-17(8-4-1)11-13-21-14-12-19(16-21)20-15-18-9-5-2-6-10-18/h1,3-4,7-8,18-20H,2,5-6,9-16H2. The van der Waals surface area contributed by atoms with Crippen LogP contribution in [-0.2, 0) is 6.42 Å². The van der Waals surface area contributed by atoms with Crippen molar-refractivity contribution in [2.45, 2.75) is 51.0 Å². The summed E-state index contributed by atoms with van der Waals surface area (Å²) in [6, 6.07) is 11.6. The maximum Gasteiger partial charge on any atom is 0.0207 e. The molecule has 1 atom stereocenters. The summed E-state index contributed by atoms with van der Waals surface area (Å²) >= 11 is 0. The first-order chi connectivity index (χ1) is 10.4. The fourth-order valence-corrected chi connectivity index (χ4v) is 3.86. The first kappa shape index (κ1) is 15.1. The summed E-state index contributed by atoms with van der Waals surface area (Å²) in [5.41, 5.74) is 1.47. The Kier molecular flexibility index (Phi) is 5.70. The van der Waals surface area contributed by atoms with E-state index in [9.17, 15) is 0 Å². The second-order valence-corrected chi connectivity index (χ2v) is 6.93. The van der Waals surface area contributed by atoms with E-state index in [4.69, 9.17) is 0 Å². The molecule has 0 bridgehead atoms. The number of nitrogens with zero attached hydrogens (tertiary/aromatic N) is 1. The zero-order valence-corrected chi connectivity index (χ0v) is 13.3. The largest absolute Gasteiger partial charge is 0.312 e. The lowest BCUT2D eigenvalue weighted by molar-refractivity contribution is 0.309. The van der Waals surface area contributed by atoms with Gasteiger partial charge in [-0.2, -0.15) is 0 Å². The Morgan fingerprint density at radius 2 is 1.81 bits per heavy atom. The van der Waals surface area contributed by atoms with Crippen LogP contribution in [0.15, 0.2) is 30.3 Å². The third-order valence-corrected chi connectivity index (χ3v) is 5.25. The summed E-state index contributed by atoms with van der Waals surface area (Å²) in [4.78, 5) is 2.63. The normalized spacial score (nSPS) is 24.5. The van der Waals surface area contributed by atoms with Crippen LogP contribution in [0.5, 0.6) is 0 Å². The molecule has 0 amide bonds. The van der Waals surface area contributed by atoms with E-state index >= 15 is 0 Å². The quantitative estimate of drug-likeness (QED) is 0.861. The van der Waals surface area contributed by atoms with Crippen molar-refractivity contribution in [1.82, 2.24) is 10.2 Å². The average Bonchev–Trinajstić information content (AvgIpc) is 3.01. The predicted molar refractivity (Wildman–Crippen MR) is 89.6 cm³/mol. The van der Waals surface area contributed by atoms with Crippen molar-refractivity contribution in [3.8, 4) is 0 Å². The van der Waals surface area contributed by atoms with Gasteiger partial charge in [0.05, 0.1) is 0 Å². The minimum atomic E-state index is 0.739. The van der Waals surface area contributed by atoms with Crippen LogP contribution in [0.3, 0.4) is 0 Å². The molecule has 1 unspecified atom stereocenters. The molecule has 0 radical (unpaired) electrons. The van der Waals surface area contributed by atoms with Gasteiger partial charge in [-0.1, -0.05) is 49.6 Å². The van der Waals surface area contributed by atoms with Crippen LogP contribution in [0.1, 0.15) is 44.1 Å². The molecule has 0 aromatic heterocycles. The molecule has 116 valence electrons. The third-order valence-electron chi connectivity index (χ3n) is 5.25. The fraction of sp³-hybridized carbons (Fsp3) is 0.684. The Morgan fingerprint density at radius 1 is 1.00 bits per heavy atom. The number of hydrogen-bond acceptors (Lipinski definition) is 2. The summed E-state index contributed by atoms with van der Waals surface area (Å²) < 4.78 is 0. The molecule has 1 aliphatic carbocycles. The van der Waals surface area contributed by atoms with E-state index in [0.717, 1.165) is 12.0 Å². The van der Waals surface area contributed by atoms with E-state index in [2.05, 4.69) is 40.5 Å². The summed E-state index contributed by atoms with van der Waals surface area (Å²) in [5.74, 6) is 0.956. The van der Waals surface area contributed by atoms with E-state index in [1.165, 1.54) is 76.7 Å². The van der Waals surface area contributed by atoms with Gasteiger partial charge < -0.3 is 10.2 Å². The molecule has 1 saturated carbocycles. The first-order valence-electron chi connectivity index (χ1n) is 8.90. The lowest BCUT2D eigenvalue weighted by atomic mass is 9.89. The van der Waals surface area contributed by atoms with Gasteiger partial charge in [0.15, 0.2) is 0 Å². The van der Waals surface area contributed by atoms with Crippen LogP contribution in [-0.4, -0.2) is 37.1 Å². The monoisotopic (exact) mass is 286 g/mol. The van der Waals surface area contributed by atoms with Gasteiger partial charge in [-0.15, -0.1) is 0 Å². The predicted octanol–water partition coefficient (Wildman–Crippen LogP) is 3.47. The minimum Gasteiger partial charge on any atom is -0.312 e. The van der Waals surface area contributed by atoms with Gasteiger partial charge in [-0.25, -0.2) is 0 Å². The molecule has 2 heteroatoms. The SMILES string of the molecule is c1ccc(CCN2CCC(NCC3CCCCC3)C2)cc1. The van der Waals surface area contributed by atoms with Gasteiger partial charge in [0.25, 0.3) is 0 Å². The Morgan fingerprint density at radius 3 is 2.62 bits per heavy atom. The highest BCUT2D eigenvalue weighted by Crippen LogP contribution is 2.23. The molecule has 1 saturated heterocycles. The smallest absolute Gasteiger partial charge is 0.0207 e. The molecule has 21 heavy (non-hydrogen) atoms. The molecule has 1 aromatic carbocycles. The number of likely N-dealkylation sites (tertiary alicyclic amines) is 1. The molecular weight excluding hydrogens is 256 g/mol. The van der Waals surface area contributed by atoms with Crippen molar-refractivity contribution in [1.29, 1.82) is 0 Å². The zero-order chi connectivity index (χ0) is 14.3. The lowest BCUT2D eigenvalue weighted by Crippen LogP contribution is -2.36. The van der Waals surface area contributed by atoms with Gasteiger partial charge in [0.1, 0.15) is 0 Å². The molecule has 3 rings (SSSR count). The maximum atomic E-state index is 3.84. The van der Waals surface area contributed by atoms with E-state index in [-0.39, 0.29) is 0 Å². The minimum absolute atomic E-state index is 0.739. The van der Waals surface area contributed by atoms with Gasteiger partial charge in [0, 0.05) is 19.1 Å². The second kappa shape index (κ2) is 7.95. The average molecular weight is 286 g/mol. The Balaban J connectivity index is 1.33. The van der Waals surface area contributed by atoms with Crippen LogP contribution in [0.2, 0.25) is 0 Å². The van der Waals surface area contributed by atoms with E-state index in [0.29, 0.717) is 0 Å². The Labute approximate surface area is 129 Å². The highest BCUT2D eigenvalue weighted by Gasteiger charge is 2.23. The van der Waals surface area contributed by atoms with Crippen LogP contribution in [0, 0.1) is 5.92 Å². The van der Waals surface area contributed by atoms with Crippen LogP contribution in [0.4, 0.5) is 0 Å². The molecule has 2 fully saturated rings. The maximum absolute atomic E-state index is 3.84. The number of hydrogen-bond donors (Lipinski definition) is 1. The molecule has 0 spiro atoms. The molecule has 2 nitrogen and oxygen atoms in total. The summed E-state index contributed by atoms with van der Waals surface area (Å²) in [6.45, 7) is 5.00. The summed E-state index contributed by atoms with van der Waals surface area (Å²) in [5, 5.41) is 3.84. The van der Waals surface area contributed by atoms with E-state index in [1.807, 2.05) is 0 Å². The van der Waals surface area contributed by atoms with Gasteiger partial charge in [0.2, 0.25) is 0 Å². The third kappa shape index (κ3) is 4.82. The topological polar surface area (TPSA) is 15.3 Å².